The Balaban J connectivity index is 2.26. The highest BCUT2D eigenvalue weighted by atomic mass is 79.9. The van der Waals surface area contributed by atoms with E-state index in [1.54, 1.807) is 18.2 Å². The van der Waals surface area contributed by atoms with Gasteiger partial charge in [-0.1, -0.05) is 28.1 Å². The minimum atomic E-state index is -1.01. The van der Waals surface area contributed by atoms with Gasteiger partial charge in [0.15, 0.2) is 11.6 Å². The summed E-state index contributed by atoms with van der Waals surface area (Å²) in [5.74, 6) is -1.68. The molecule has 0 amide bonds. The minimum Gasteiger partial charge on any atom is -0.454 e. The molecule has 5 heteroatoms. The largest absolute Gasteiger partial charge is 0.454 e. The fourth-order valence-electron chi connectivity index (χ4n) is 1.84. The summed E-state index contributed by atoms with van der Waals surface area (Å²) >= 11 is 3.10. The van der Waals surface area contributed by atoms with Crippen LogP contribution in [-0.2, 0) is 6.42 Å². The van der Waals surface area contributed by atoms with Gasteiger partial charge in [0.2, 0.25) is 5.82 Å². The van der Waals surface area contributed by atoms with Gasteiger partial charge in [0, 0.05) is 10.5 Å². The molecule has 0 radical (unpaired) electrons. The first-order valence-electron chi connectivity index (χ1n) is 6.12. The highest BCUT2D eigenvalue weighted by molar-refractivity contribution is 9.10. The third kappa shape index (κ3) is 3.77. The average Bonchev–Trinajstić information content (AvgIpc) is 2.35. The lowest BCUT2D eigenvalue weighted by molar-refractivity contribution is 0.415. The molecule has 0 aliphatic rings. The molecule has 0 aliphatic carbocycles. The van der Waals surface area contributed by atoms with E-state index >= 15 is 0 Å². The predicted octanol–water partition coefficient (Wildman–Crippen LogP) is 4.41. The molecular weight excluding hydrogens is 328 g/mol. The number of hydrogen-bond acceptors (Lipinski definition) is 2. The zero-order chi connectivity index (χ0) is 14.7. The third-order valence-corrected chi connectivity index (χ3v) is 3.10. The molecule has 2 rings (SSSR count). The Morgan fingerprint density at radius 3 is 2.70 bits per heavy atom. The van der Waals surface area contributed by atoms with E-state index in [0.717, 1.165) is 11.6 Å². The SMILES string of the molecule is CC(N)Cc1cccc(Oc2cc(Br)cc(F)c2F)c1. The zero-order valence-electron chi connectivity index (χ0n) is 10.9. The molecule has 0 aliphatic heterocycles. The number of ether oxygens (including phenoxy) is 1. The van der Waals surface area contributed by atoms with E-state index in [2.05, 4.69) is 15.9 Å². The van der Waals surface area contributed by atoms with Gasteiger partial charge in [-0.2, -0.15) is 4.39 Å². The molecule has 0 spiro atoms. The van der Waals surface area contributed by atoms with Crippen LogP contribution >= 0.6 is 15.9 Å². The molecule has 0 bridgehead atoms. The van der Waals surface area contributed by atoms with Crippen LogP contribution in [-0.4, -0.2) is 6.04 Å². The van der Waals surface area contributed by atoms with Crippen molar-refractivity contribution < 1.29 is 13.5 Å². The molecular formula is C15H14BrF2NO. The molecule has 2 N–H and O–H groups in total. The van der Waals surface area contributed by atoms with Crippen LogP contribution in [0.1, 0.15) is 12.5 Å². The molecule has 0 saturated heterocycles. The second kappa shape index (κ2) is 6.33. The van der Waals surface area contributed by atoms with Crippen molar-refractivity contribution in [1.29, 1.82) is 0 Å². The summed E-state index contributed by atoms with van der Waals surface area (Å²) in [7, 11) is 0. The maximum absolute atomic E-state index is 13.6. The van der Waals surface area contributed by atoms with Gasteiger partial charge in [-0.25, -0.2) is 4.39 Å². The van der Waals surface area contributed by atoms with Gasteiger partial charge in [0.1, 0.15) is 5.75 Å². The first kappa shape index (κ1) is 14.9. The fourth-order valence-corrected chi connectivity index (χ4v) is 2.25. The summed E-state index contributed by atoms with van der Waals surface area (Å²) in [6.07, 6.45) is 0.687. The number of halogens is 3. The van der Waals surface area contributed by atoms with Crippen molar-refractivity contribution in [3.63, 3.8) is 0 Å². The molecule has 0 aromatic heterocycles. The summed E-state index contributed by atoms with van der Waals surface area (Å²) in [4.78, 5) is 0. The van der Waals surface area contributed by atoms with Crippen molar-refractivity contribution >= 4 is 15.9 Å². The summed E-state index contributed by atoms with van der Waals surface area (Å²) in [6.45, 7) is 1.90. The lowest BCUT2D eigenvalue weighted by atomic mass is 10.1. The number of rotatable bonds is 4. The summed E-state index contributed by atoms with van der Waals surface area (Å²) in [5, 5.41) is 0. The highest BCUT2D eigenvalue weighted by Crippen LogP contribution is 2.30. The maximum atomic E-state index is 13.6. The summed E-state index contributed by atoms with van der Waals surface area (Å²) < 4.78 is 32.8. The Kier molecular flexibility index (Phi) is 4.73. The van der Waals surface area contributed by atoms with E-state index in [0.29, 0.717) is 16.6 Å². The van der Waals surface area contributed by atoms with Crippen LogP contribution in [0.15, 0.2) is 40.9 Å². The monoisotopic (exact) mass is 341 g/mol. The van der Waals surface area contributed by atoms with Gasteiger partial charge in [-0.3, -0.25) is 0 Å². The molecule has 106 valence electrons. The molecule has 20 heavy (non-hydrogen) atoms. The average molecular weight is 342 g/mol. The number of benzene rings is 2. The van der Waals surface area contributed by atoms with E-state index in [4.69, 9.17) is 10.5 Å². The smallest absolute Gasteiger partial charge is 0.201 e. The Labute approximate surface area is 124 Å². The molecule has 2 aromatic rings. The number of nitrogens with two attached hydrogens (primary N) is 1. The molecule has 2 nitrogen and oxygen atoms in total. The normalized spacial score (nSPS) is 12.2. The lowest BCUT2D eigenvalue weighted by Crippen LogP contribution is -2.17. The molecule has 1 atom stereocenters. The van der Waals surface area contributed by atoms with Crippen molar-refractivity contribution in [2.75, 3.05) is 0 Å². The Morgan fingerprint density at radius 1 is 1.25 bits per heavy atom. The van der Waals surface area contributed by atoms with Gasteiger partial charge >= 0.3 is 0 Å². The second-order valence-corrected chi connectivity index (χ2v) is 5.55. The molecule has 0 fully saturated rings. The van der Waals surface area contributed by atoms with Gasteiger partial charge in [0.05, 0.1) is 0 Å². The van der Waals surface area contributed by atoms with E-state index in [1.165, 1.54) is 6.07 Å². The Morgan fingerprint density at radius 2 is 2.00 bits per heavy atom. The van der Waals surface area contributed by atoms with E-state index < -0.39 is 11.6 Å². The predicted molar refractivity (Wildman–Crippen MR) is 77.9 cm³/mol. The van der Waals surface area contributed by atoms with E-state index in [9.17, 15) is 8.78 Å². The van der Waals surface area contributed by atoms with Gasteiger partial charge in [-0.05, 0) is 43.2 Å². The number of hydrogen-bond donors (Lipinski definition) is 1. The molecule has 0 heterocycles. The van der Waals surface area contributed by atoms with Gasteiger partial charge in [0.25, 0.3) is 0 Å². The van der Waals surface area contributed by atoms with Crippen LogP contribution < -0.4 is 10.5 Å². The van der Waals surface area contributed by atoms with E-state index in [-0.39, 0.29) is 11.8 Å². The maximum Gasteiger partial charge on any atom is 0.201 e. The molecule has 0 saturated carbocycles. The third-order valence-electron chi connectivity index (χ3n) is 2.64. The second-order valence-electron chi connectivity index (χ2n) is 4.63. The van der Waals surface area contributed by atoms with Crippen molar-refractivity contribution in [1.82, 2.24) is 0 Å². The Bertz CT molecular complexity index is 617. The van der Waals surface area contributed by atoms with Crippen molar-refractivity contribution in [2.24, 2.45) is 5.73 Å². The highest BCUT2D eigenvalue weighted by Gasteiger charge is 2.12. The quantitative estimate of drug-likeness (QED) is 0.836. The van der Waals surface area contributed by atoms with Gasteiger partial charge in [-0.15, -0.1) is 0 Å². The zero-order valence-corrected chi connectivity index (χ0v) is 12.5. The lowest BCUT2D eigenvalue weighted by Gasteiger charge is -2.10. The minimum absolute atomic E-state index is 0.0188. The van der Waals surface area contributed by atoms with Crippen molar-refractivity contribution in [2.45, 2.75) is 19.4 Å². The van der Waals surface area contributed by atoms with Crippen LogP contribution in [0, 0.1) is 11.6 Å². The first-order valence-corrected chi connectivity index (χ1v) is 6.92. The van der Waals surface area contributed by atoms with Crippen LogP contribution in [0.4, 0.5) is 8.78 Å². The van der Waals surface area contributed by atoms with Crippen LogP contribution in [0.2, 0.25) is 0 Å². The summed E-state index contributed by atoms with van der Waals surface area (Å²) in [5.41, 5.74) is 6.71. The van der Waals surface area contributed by atoms with Crippen molar-refractivity contribution in [3.8, 4) is 11.5 Å². The van der Waals surface area contributed by atoms with Crippen LogP contribution in [0.5, 0.6) is 11.5 Å². The summed E-state index contributed by atoms with van der Waals surface area (Å²) in [6, 6.07) is 9.61. The molecule has 1 unspecified atom stereocenters. The van der Waals surface area contributed by atoms with Crippen LogP contribution in [0.3, 0.4) is 0 Å². The molecule has 2 aromatic carbocycles. The van der Waals surface area contributed by atoms with Crippen LogP contribution in [0.25, 0.3) is 0 Å². The standard InChI is InChI=1S/C15H14BrF2NO/c1-9(19)5-10-3-2-4-12(6-10)20-14-8-11(16)7-13(17)15(14)18/h2-4,6-9H,5,19H2,1H3. The fraction of sp³-hybridized carbons (Fsp3) is 0.200. The topological polar surface area (TPSA) is 35.2 Å². The van der Waals surface area contributed by atoms with Crippen molar-refractivity contribution in [3.05, 3.63) is 58.1 Å². The first-order chi connectivity index (χ1) is 9.45. The van der Waals surface area contributed by atoms with E-state index in [1.807, 2.05) is 13.0 Å². The Hall–Kier alpha value is -1.46. The van der Waals surface area contributed by atoms with Gasteiger partial charge < -0.3 is 10.5 Å².